The van der Waals surface area contributed by atoms with Gasteiger partial charge in [-0.1, -0.05) is 0 Å². The van der Waals surface area contributed by atoms with Gasteiger partial charge in [-0.25, -0.2) is 9.78 Å². The third-order valence-electron chi connectivity index (χ3n) is 4.43. The number of carbonyl (C=O) groups is 3. The van der Waals surface area contributed by atoms with Crippen molar-refractivity contribution >= 4 is 46.0 Å². The number of fused-ring (bicyclic) bond motifs is 1. The first-order chi connectivity index (χ1) is 14.2. The van der Waals surface area contributed by atoms with Crippen molar-refractivity contribution in [3.05, 3.63) is 44.6 Å². The zero-order valence-corrected chi connectivity index (χ0v) is 16.6. The fraction of sp³-hybridized carbons (Fsp3) is 0.278. The summed E-state index contributed by atoms with van der Waals surface area (Å²) < 4.78 is 1.46. The van der Waals surface area contributed by atoms with Crippen LogP contribution in [0, 0.1) is 0 Å². The van der Waals surface area contributed by atoms with Crippen LogP contribution >= 0.6 is 11.3 Å². The SMILES string of the molecule is NC(=O)CC[C@H](NC(=O)c1csc(CCn2cnc3[nH]c(N)cc3c2=O)c1)C(=O)O. The Kier molecular flexibility index (Phi) is 6.16. The number of thiophene rings is 1. The maximum absolute atomic E-state index is 12.5. The van der Waals surface area contributed by atoms with Gasteiger partial charge in [0.15, 0.2) is 0 Å². The third-order valence-corrected chi connectivity index (χ3v) is 5.43. The smallest absolute Gasteiger partial charge is 0.326 e. The number of carboxylic acid groups (broad SMARTS) is 1. The number of aliphatic carboxylic acids is 1. The zero-order valence-electron chi connectivity index (χ0n) is 15.8. The van der Waals surface area contributed by atoms with Crippen molar-refractivity contribution in [2.45, 2.75) is 31.8 Å². The van der Waals surface area contributed by atoms with Crippen LogP contribution in [-0.4, -0.2) is 43.5 Å². The number of aromatic nitrogens is 3. The monoisotopic (exact) mass is 432 g/mol. The van der Waals surface area contributed by atoms with Gasteiger partial charge in [-0.15, -0.1) is 11.3 Å². The van der Waals surface area contributed by atoms with Gasteiger partial charge in [-0.3, -0.25) is 19.0 Å². The van der Waals surface area contributed by atoms with Crippen molar-refractivity contribution in [3.8, 4) is 0 Å². The Morgan fingerprint density at radius 1 is 1.33 bits per heavy atom. The molecule has 0 aromatic carbocycles. The van der Waals surface area contributed by atoms with Gasteiger partial charge < -0.3 is 26.9 Å². The lowest BCUT2D eigenvalue weighted by atomic mass is 10.1. The van der Waals surface area contributed by atoms with E-state index in [0.29, 0.717) is 35.4 Å². The molecule has 3 rings (SSSR count). The van der Waals surface area contributed by atoms with Crippen LogP contribution in [0.3, 0.4) is 0 Å². The number of hydrogen-bond acceptors (Lipinski definition) is 7. The molecule has 0 aliphatic carbocycles. The summed E-state index contributed by atoms with van der Waals surface area (Å²) in [5, 5.41) is 13.6. The van der Waals surface area contributed by atoms with Crippen LogP contribution in [0.15, 0.2) is 28.6 Å². The first-order valence-electron chi connectivity index (χ1n) is 8.97. The highest BCUT2D eigenvalue weighted by atomic mass is 32.1. The van der Waals surface area contributed by atoms with Gasteiger partial charge in [-0.05, 0) is 25.0 Å². The van der Waals surface area contributed by atoms with Crippen LogP contribution in [-0.2, 0) is 22.6 Å². The highest BCUT2D eigenvalue weighted by Gasteiger charge is 2.21. The van der Waals surface area contributed by atoms with Crippen molar-refractivity contribution in [1.82, 2.24) is 19.9 Å². The summed E-state index contributed by atoms with van der Waals surface area (Å²) >= 11 is 1.32. The number of nitrogens with two attached hydrogens (primary N) is 2. The van der Waals surface area contributed by atoms with E-state index in [-0.39, 0.29) is 18.4 Å². The Morgan fingerprint density at radius 2 is 2.10 bits per heavy atom. The molecule has 0 bridgehead atoms. The zero-order chi connectivity index (χ0) is 21.8. The minimum atomic E-state index is -1.24. The molecule has 3 aromatic rings. The fourth-order valence-corrected chi connectivity index (χ4v) is 3.73. The molecule has 0 radical (unpaired) electrons. The number of carbonyl (C=O) groups excluding carboxylic acids is 2. The van der Waals surface area contributed by atoms with Crippen LogP contribution in [0.1, 0.15) is 28.1 Å². The number of hydrogen-bond donors (Lipinski definition) is 5. The van der Waals surface area contributed by atoms with E-state index in [0.717, 1.165) is 4.88 Å². The Balaban J connectivity index is 1.64. The molecule has 0 fully saturated rings. The second-order valence-corrected chi connectivity index (χ2v) is 7.65. The Morgan fingerprint density at radius 3 is 2.80 bits per heavy atom. The van der Waals surface area contributed by atoms with Crippen molar-refractivity contribution in [3.63, 3.8) is 0 Å². The molecule has 0 spiro atoms. The predicted octanol–water partition coefficient (Wildman–Crippen LogP) is 0.0595. The van der Waals surface area contributed by atoms with E-state index in [1.165, 1.54) is 28.3 Å². The number of nitrogens with one attached hydrogen (secondary N) is 2. The number of anilines is 1. The fourth-order valence-electron chi connectivity index (χ4n) is 2.87. The lowest BCUT2D eigenvalue weighted by Gasteiger charge is -2.12. The maximum atomic E-state index is 12.5. The molecule has 0 saturated carbocycles. The van der Waals surface area contributed by atoms with Gasteiger partial charge in [0.05, 0.1) is 17.3 Å². The van der Waals surface area contributed by atoms with Gasteiger partial charge in [0.1, 0.15) is 17.5 Å². The summed E-state index contributed by atoms with van der Waals surface area (Å²) in [5.41, 5.74) is 11.2. The number of carboxylic acids is 1. The molecule has 0 aliphatic rings. The van der Waals surface area contributed by atoms with Crippen LogP contribution in [0.5, 0.6) is 0 Å². The van der Waals surface area contributed by atoms with E-state index >= 15 is 0 Å². The number of aryl methyl sites for hydroxylation is 2. The van der Waals surface area contributed by atoms with Gasteiger partial charge >= 0.3 is 5.97 Å². The Labute approximate surface area is 173 Å². The minimum absolute atomic E-state index is 0.0878. The van der Waals surface area contributed by atoms with Crippen molar-refractivity contribution in [1.29, 1.82) is 0 Å². The molecule has 3 heterocycles. The summed E-state index contributed by atoms with van der Waals surface area (Å²) in [6.07, 6.45) is 1.68. The molecule has 0 aliphatic heterocycles. The average molecular weight is 432 g/mol. The molecule has 2 amide bonds. The van der Waals surface area contributed by atoms with E-state index in [1.54, 1.807) is 11.4 Å². The van der Waals surface area contributed by atoms with Gasteiger partial charge in [0, 0.05) is 23.2 Å². The lowest BCUT2D eigenvalue weighted by molar-refractivity contribution is -0.139. The second-order valence-electron chi connectivity index (χ2n) is 6.65. The summed E-state index contributed by atoms with van der Waals surface area (Å²) in [5.74, 6) is -2.08. The van der Waals surface area contributed by atoms with Gasteiger partial charge in [-0.2, -0.15) is 0 Å². The third kappa shape index (κ3) is 4.84. The molecule has 11 nitrogen and oxygen atoms in total. The molecule has 158 valence electrons. The molecule has 1 atom stereocenters. The molecule has 30 heavy (non-hydrogen) atoms. The standard InChI is InChI=1S/C18H20N6O5S/c19-13-6-11-15(23-13)21-8-24(17(11)27)4-3-10-5-9(7-30-10)16(26)22-12(18(28)29)1-2-14(20)25/h5-8,12,23H,1-4,19H2,(H2,20,25)(H,22,26)(H,28,29)/t12-/m0/s1. The van der Waals surface area contributed by atoms with E-state index < -0.39 is 23.8 Å². The Hall–Kier alpha value is -3.67. The van der Waals surface area contributed by atoms with Crippen molar-refractivity contribution in [2.24, 2.45) is 5.73 Å². The van der Waals surface area contributed by atoms with E-state index in [1.807, 2.05) is 0 Å². The van der Waals surface area contributed by atoms with Gasteiger partial charge in [0.2, 0.25) is 5.91 Å². The van der Waals surface area contributed by atoms with Crippen LogP contribution in [0.2, 0.25) is 0 Å². The molecule has 7 N–H and O–H groups in total. The maximum Gasteiger partial charge on any atom is 0.326 e. The molecule has 3 aromatic heterocycles. The highest BCUT2D eigenvalue weighted by molar-refractivity contribution is 7.10. The van der Waals surface area contributed by atoms with Crippen LogP contribution < -0.4 is 22.3 Å². The van der Waals surface area contributed by atoms with Crippen molar-refractivity contribution < 1.29 is 19.5 Å². The van der Waals surface area contributed by atoms with E-state index in [2.05, 4.69) is 15.3 Å². The number of rotatable bonds is 9. The molecule has 0 saturated heterocycles. The average Bonchev–Trinajstić information content (AvgIpc) is 3.30. The number of primary amides is 1. The summed E-state index contributed by atoms with van der Waals surface area (Å²) in [6.45, 7) is 0.352. The summed E-state index contributed by atoms with van der Waals surface area (Å²) in [4.78, 5) is 54.7. The minimum Gasteiger partial charge on any atom is -0.480 e. The van der Waals surface area contributed by atoms with Crippen LogP contribution in [0.25, 0.3) is 11.0 Å². The normalized spacial score (nSPS) is 12.0. The summed E-state index contributed by atoms with van der Waals surface area (Å²) in [7, 11) is 0. The predicted molar refractivity (Wildman–Crippen MR) is 110 cm³/mol. The van der Waals surface area contributed by atoms with E-state index in [9.17, 15) is 24.3 Å². The Bertz CT molecular complexity index is 1160. The largest absolute Gasteiger partial charge is 0.480 e. The molecule has 0 unspecified atom stereocenters. The van der Waals surface area contributed by atoms with Gasteiger partial charge in [0.25, 0.3) is 11.5 Å². The van der Waals surface area contributed by atoms with Crippen molar-refractivity contribution in [2.75, 3.05) is 5.73 Å². The first kappa shape index (κ1) is 21.0. The lowest BCUT2D eigenvalue weighted by Crippen LogP contribution is -2.41. The number of nitrogens with zero attached hydrogens (tertiary/aromatic N) is 2. The number of nitrogen functional groups attached to an aromatic ring is 1. The molecular weight excluding hydrogens is 412 g/mol. The number of aromatic amines is 1. The van der Waals surface area contributed by atoms with Crippen LogP contribution in [0.4, 0.5) is 5.82 Å². The molecule has 12 heteroatoms. The molecular formula is C18H20N6O5S. The van der Waals surface area contributed by atoms with E-state index in [4.69, 9.17) is 11.5 Å². The number of H-pyrrole nitrogens is 1. The number of amides is 2. The first-order valence-corrected chi connectivity index (χ1v) is 9.85. The topological polar surface area (TPSA) is 186 Å². The second kappa shape index (κ2) is 8.78. The quantitative estimate of drug-likeness (QED) is 0.316. The summed E-state index contributed by atoms with van der Waals surface area (Å²) in [6, 6.07) is 1.96. The highest BCUT2D eigenvalue weighted by Crippen LogP contribution is 2.17.